The lowest BCUT2D eigenvalue weighted by Crippen LogP contribution is -2.45. The van der Waals surface area contributed by atoms with Crippen molar-refractivity contribution in [2.45, 2.75) is 366 Å². The van der Waals surface area contributed by atoms with E-state index in [4.69, 9.17) is 0 Å². The Morgan fingerprint density at radius 1 is 0.338 bits per heavy atom. The smallest absolute Gasteiger partial charge is 0.220 e. The fraction of sp³-hybridized carbons (Fsp3) is 0.866. The van der Waals surface area contributed by atoms with Gasteiger partial charge in [-0.15, -0.1) is 0 Å². The largest absolute Gasteiger partial charge is 0.394 e. The molecule has 0 saturated carbocycles. The molecule has 71 heavy (non-hydrogen) atoms. The van der Waals surface area contributed by atoms with Crippen molar-refractivity contribution in [1.82, 2.24) is 5.32 Å². The Bertz CT molecular complexity index is 1130. The van der Waals surface area contributed by atoms with Crippen molar-refractivity contribution in [3.05, 3.63) is 48.6 Å². The van der Waals surface area contributed by atoms with Gasteiger partial charge in [0.05, 0.1) is 18.8 Å². The highest BCUT2D eigenvalue weighted by atomic mass is 16.3. The standard InChI is InChI=1S/C67H127NO3/c1-3-5-7-9-11-13-15-17-19-21-23-25-27-29-31-33-34-35-37-39-41-43-45-47-49-51-53-55-57-59-61-63-67(71)68-65(64-69)66(70)62-60-58-56-54-52-50-48-46-44-42-40-38-36-32-30-28-26-24-22-20-18-16-14-12-10-8-6-4-2/h15,17,21,23,27,29,60,62,65-66,69-70H,3-14,16,18-20,22,24-26,28,30-59,61,63-64H2,1-2H3,(H,68,71)/b17-15-,23-21-,29-27-,62-60+. The highest BCUT2D eigenvalue weighted by molar-refractivity contribution is 5.76. The van der Waals surface area contributed by atoms with E-state index in [0.717, 1.165) is 38.5 Å². The van der Waals surface area contributed by atoms with E-state index in [0.29, 0.717) is 6.42 Å². The molecule has 2 unspecified atom stereocenters. The Morgan fingerprint density at radius 3 is 0.859 bits per heavy atom. The van der Waals surface area contributed by atoms with E-state index < -0.39 is 12.1 Å². The monoisotopic (exact) mass is 994 g/mol. The van der Waals surface area contributed by atoms with E-state index in [-0.39, 0.29) is 12.5 Å². The first-order chi connectivity index (χ1) is 35.2. The molecule has 0 aromatic carbocycles. The van der Waals surface area contributed by atoms with Gasteiger partial charge in [-0.2, -0.15) is 0 Å². The zero-order chi connectivity index (χ0) is 51.3. The fourth-order valence-corrected chi connectivity index (χ4v) is 10.1. The number of nitrogens with one attached hydrogen (secondary N) is 1. The summed E-state index contributed by atoms with van der Waals surface area (Å²) in [5, 5.41) is 23.3. The molecule has 0 aliphatic carbocycles. The summed E-state index contributed by atoms with van der Waals surface area (Å²) >= 11 is 0. The zero-order valence-electron chi connectivity index (χ0n) is 48.3. The van der Waals surface area contributed by atoms with Gasteiger partial charge >= 0.3 is 0 Å². The van der Waals surface area contributed by atoms with Crippen molar-refractivity contribution in [3.63, 3.8) is 0 Å². The second kappa shape index (κ2) is 62.6. The minimum absolute atomic E-state index is 0.0590. The SMILES string of the molecule is CCCCCCC/C=C\C/C=C\C/C=C\CCCCCCCCCCCCCCCCCCC(=O)NC(CO)C(O)/C=C/CCCCCCCCCCCCCCCCCCCCCCCCCCCC. The van der Waals surface area contributed by atoms with Gasteiger partial charge in [0.1, 0.15) is 0 Å². The van der Waals surface area contributed by atoms with Gasteiger partial charge in [0.2, 0.25) is 5.91 Å². The molecule has 0 aliphatic heterocycles. The molecule has 418 valence electrons. The number of hydrogen-bond acceptors (Lipinski definition) is 3. The number of rotatable bonds is 60. The Hall–Kier alpha value is -1.65. The number of amides is 1. The van der Waals surface area contributed by atoms with Gasteiger partial charge < -0.3 is 15.5 Å². The summed E-state index contributed by atoms with van der Waals surface area (Å²) in [7, 11) is 0. The van der Waals surface area contributed by atoms with Crippen LogP contribution in [0.4, 0.5) is 0 Å². The number of aliphatic hydroxyl groups is 2. The van der Waals surface area contributed by atoms with Crippen LogP contribution in [0.1, 0.15) is 354 Å². The third-order valence-corrected chi connectivity index (χ3v) is 15.1. The number of allylic oxidation sites excluding steroid dienone is 7. The average Bonchev–Trinajstić information content (AvgIpc) is 3.37. The molecule has 1 amide bonds. The lowest BCUT2D eigenvalue weighted by atomic mass is 10.0. The van der Waals surface area contributed by atoms with Crippen LogP contribution < -0.4 is 5.32 Å². The van der Waals surface area contributed by atoms with E-state index >= 15 is 0 Å². The predicted octanol–water partition coefficient (Wildman–Crippen LogP) is 21.8. The minimum atomic E-state index is -0.841. The Balaban J connectivity index is 3.46. The number of unbranched alkanes of at least 4 members (excludes halogenated alkanes) is 47. The normalized spacial score (nSPS) is 13.0. The molecule has 0 fully saturated rings. The summed E-state index contributed by atoms with van der Waals surface area (Å²) in [4.78, 5) is 12.5. The van der Waals surface area contributed by atoms with Crippen LogP contribution in [0, 0.1) is 0 Å². The van der Waals surface area contributed by atoms with E-state index in [9.17, 15) is 15.0 Å². The summed E-state index contributed by atoms with van der Waals surface area (Å²) < 4.78 is 0. The molecule has 3 N–H and O–H groups in total. The quantitative estimate of drug-likeness (QED) is 0.0420. The molecule has 0 rings (SSSR count). The molecule has 0 aromatic heterocycles. The van der Waals surface area contributed by atoms with Crippen LogP contribution in [0.15, 0.2) is 48.6 Å². The molecule has 4 nitrogen and oxygen atoms in total. The second-order valence-corrected chi connectivity index (χ2v) is 22.2. The first-order valence-electron chi connectivity index (χ1n) is 32.4. The minimum Gasteiger partial charge on any atom is -0.394 e. The van der Waals surface area contributed by atoms with Crippen LogP contribution in [-0.4, -0.2) is 34.9 Å². The number of carbonyl (C=O) groups excluding carboxylic acids is 1. The van der Waals surface area contributed by atoms with E-state index in [1.165, 1.54) is 295 Å². The fourth-order valence-electron chi connectivity index (χ4n) is 10.1. The molecular weight excluding hydrogens is 867 g/mol. The van der Waals surface area contributed by atoms with Crippen LogP contribution in [0.5, 0.6) is 0 Å². The lowest BCUT2D eigenvalue weighted by molar-refractivity contribution is -0.123. The summed E-state index contributed by atoms with van der Waals surface area (Å²) in [6, 6.07) is -0.624. The molecule has 0 heterocycles. The maximum atomic E-state index is 12.5. The van der Waals surface area contributed by atoms with Crippen LogP contribution >= 0.6 is 0 Å². The summed E-state index contributed by atoms with van der Waals surface area (Å²) in [6.45, 7) is 4.34. The Labute approximate surface area is 445 Å². The third kappa shape index (κ3) is 59.1. The van der Waals surface area contributed by atoms with Crippen molar-refractivity contribution in [1.29, 1.82) is 0 Å². The third-order valence-electron chi connectivity index (χ3n) is 15.1. The lowest BCUT2D eigenvalue weighted by Gasteiger charge is -2.20. The van der Waals surface area contributed by atoms with Crippen LogP contribution in [-0.2, 0) is 4.79 Å². The van der Waals surface area contributed by atoms with Crippen LogP contribution in [0.3, 0.4) is 0 Å². The molecule has 0 saturated heterocycles. The molecule has 4 heteroatoms. The average molecular weight is 995 g/mol. The molecule has 0 aromatic rings. The van der Waals surface area contributed by atoms with E-state index in [1.807, 2.05) is 6.08 Å². The number of carbonyl (C=O) groups is 1. The van der Waals surface area contributed by atoms with Crippen molar-refractivity contribution >= 4 is 5.91 Å². The Kier molecular flexibility index (Phi) is 61.2. The summed E-state index contributed by atoms with van der Waals surface area (Å²) in [6.07, 6.45) is 87.4. The van der Waals surface area contributed by atoms with Gasteiger partial charge in [0, 0.05) is 6.42 Å². The predicted molar refractivity (Wildman–Crippen MR) is 318 cm³/mol. The van der Waals surface area contributed by atoms with Gasteiger partial charge in [-0.25, -0.2) is 0 Å². The maximum absolute atomic E-state index is 12.5. The molecule has 0 bridgehead atoms. The van der Waals surface area contributed by atoms with Crippen LogP contribution in [0.2, 0.25) is 0 Å². The first kappa shape index (κ1) is 69.3. The second-order valence-electron chi connectivity index (χ2n) is 22.2. The summed E-state index contributed by atoms with van der Waals surface area (Å²) in [5.41, 5.74) is 0. The Morgan fingerprint density at radius 2 is 0.577 bits per heavy atom. The number of hydrogen-bond donors (Lipinski definition) is 3. The maximum Gasteiger partial charge on any atom is 0.220 e. The molecule has 2 atom stereocenters. The van der Waals surface area contributed by atoms with E-state index in [1.54, 1.807) is 6.08 Å². The van der Waals surface area contributed by atoms with Gasteiger partial charge in [0.25, 0.3) is 0 Å². The highest BCUT2D eigenvalue weighted by Gasteiger charge is 2.18. The van der Waals surface area contributed by atoms with Gasteiger partial charge in [-0.1, -0.05) is 339 Å². The molecular formula is C67H127NO3. The number of aliphatic hydroxyl groups excluding tert-OH is 2. The van der Waals surface area contributed by atoms with Gasteiger partial charge in [-0.3, -0.25) is 4.79 Å². The molecule has 0 spiro atoms. The van der Waals surface area contributed by atoms with E-state index in [2.05, 4.69) is 55.6 Å². The van der Waals surface area contributed by atoms with Crippen molar-refractivity contribution < 1.29 is 15.0 Å². The van der Waals surface area contributed by atoms with Gasteiger partial charge in [-0.05, 0) is 57.8 Å². The highest BCUT2D eigenvalue weighted by Crippen LogP contribution is 2.18. The first-order valence-corrected chi connectivity index (χ1v) is 32.4. The molecule has 0 aliphatic rings. The molecule has 0 radical (unpaired) electrons. The topological polar surface area (TPSA) is 69.6 Å². The van der Waals surface area contributed by atoms with Crippen molar-refractivity contribution in [2.75, 3.05) is 6.61 Å². The van der Waals surface area contributed by atoms with Crippen molar-refractivity contribution in [2.24, 2.45) is 0 Å². The van der Waals surface area contributed by atoms with Gasteiger partial charge in [0.15, 0.2) is 0 Å². The zero-order valence-corrected chi connectivity index (χ0v) is 48.3. The van der Waals surface area contributed by atoms with Crippen LogP contribution in [0.25, 0.3) is 0 Å². The summed E-state index contributed by atoms with van der Waals surface area (Å²) in [5.74, 6) is -0.0590. The van der Waals surface area contributed by atoms with Crippen molar-refractivity contribution in [3.8, 4) is 0 Å².